The maximum atomic E-state index is 12.1. The number of aromatic hydroxyl groups is 1. The van der Waals surface area contributed by atoms with Crippen molar-refractivity contribution in [1.82, 2.24) is 9.78 Å². The van der Waals surface area contributed by atoms with E-state index >= 15 is 0 Å². The number of aryl methyl sites for hydroxylation is 1. The van der Waals surface area contributed by atoms with Crippen LogP contribution in [0.15, 0.2) is 30.6 Å². The first-order valence-electron chi connectivity index (χ1n) is 6.12. The van der Waals surface area contributed by atoms with E-state index in [1.54, 1.807) is 29.2 Å². The molecule has 0 aliphatic heterocycles. The Morgan fingerprint density at radius 1 is 1.42 bits per heavy atom. The normalized spacial score (nSPS) is 10.7. The molecule has 100 valence electrons. The average molecular weight is 259 g/mol. The summed E-state index contributed by atoms with van der Waals surface area (Å²) in [5.41, 5.74) is 1.79. The fourth-order valence-corrected chi connectivity index (χ4v) is 1.72. The van der Waals surface area contributed by atoms with Crippen LogP contribution in [0.1, 0.15) is 35.8 Å². The van der Waals surface area contributed by atoms with Crippen LogP contribution in [-0.4, -0.2) is 20.8 Å². The summed E-state index contributed by atoms with van der Waals surface area (Å²) in [5, 5.41) is 16.6. The molecule has 0 bridgehead atoms. The van der Waals surface area contributed by atoms with E-state index in [0.29, 0.717) is 5.69 Å². The molecule has 1 heterocycles. The highest BCUT2D eigenvalue weighted by atomic mass is 16.3. The van der Waals surface area contributed by atoms with Crippen LogP contribution < -0.4 is 5.32 Å². The molecular weight excluding hydrogens is 242 g/mol. The van der Waals surface area contributed by atoms with Crippen molar-refractivity contribution in [2.75, 3.05) is 5.32 Å². The van der Waals surface area contributed by atoms with Gasteiger partial charge in [-0.25, -0.2) is 0 Å². The van der Waals surface area contributed by atoms with Gasteiger partial charge in [0.2, 0.25) is 0 Å². The van der Waals surface area contributed by atoms with E-state index in [4.69, 9.17) is 0 Å². The van der Waals surface area contributed by atoms with Crippen molar-refractivity contribution < 1.29 is 9.90 Å². The Morgan fingerprint density at radius 2 is 2.16 bits per heavy atom. The molecule has 1 aromatic heterocycles. The zero-order chi connectivity index (χ0) is 14.0. The van der Waals surface area contributed by atoms with Crippen molar-refractivity contribution in [3.8, 4) is 5.75 Å². The van der Waals surface area contributed by atoms with Crippen molar-refractivity contribution >= 4 is 11.6 Å². The molecule has 5 nitrogen and oxygen atoms in total. The Hall–Kier alpha value is -2.30. The summed E-state index contributed by atoms with van der Waals surface area (Å²) >= 11 is 0. The van der Waals surface area contributed by atoms with Gasteiger partial charge in [-0.2, -0.15) is 5.10 Å². The summed E-state index contributed by atoms with van der Waals surface area (Å²) in [5.74, 6) is -0.371. The molecular formula is C14H17N3O2. The number of hydrogen-bond donors (Lipinski definition) is 2. The van der Waals surface area contributed by atoms with Crippen LogP contribution in [0.5, 0.6) is 5.75 Å². The monoisotopic (exact) mass is 259 g/mol. The highest BCUT2D eigenvalue weighted by Gasteiger charge is 2.12. The SMILES string of the molecule is Cc1ccc(O)c(C(=O)Nc2cnn(C(C)C)c2)c1. The average Bonchev–Trinajstić information content (AvgIpc) is 2.80. The predicted molar refractivity (Wildman–Crippen MR) is 73.4 cm³/mol. The van der Waals surface area contributed by atoms with E-state index in [1.807, 2.05) is 20.8 Å². The first-order chi connectivity index (χ1) is 8.97. The molecule has 0 atom stereocenters. The minimum atomic E-state index is -0.343. The Bertz CT molecular complexity index is 602. The molecule has 0 unspecified atom stereocenters. The Labute approximate surface area is 111 Å². The topological polar surface area (TPSA) is 67.2 Å². The second-order valence-electron chi connectivity index (χ2n) is 4.78. The third-order valence-electron chi connectivity index (χ3n) is 2.79. The number of carbonyl (C=O) groups is 1. The van der Waals surface area contributed by atoms with Crippen LogP contribution in [0.3, 0.4) is 0 Å². The van der Waals surface area contributed by atoms with Crippen LogP contribution in [0.25, 0.3) is 0 Å². The Balaban J connectivity index is 2.18. The summed E-state index contributed by atoms with van der Waals surface area (Å²) < 4.78 is 1.76. The lowest BCUT2D eigenvalue weighted by Gasteiger charge is -2.06. The Kier molecular flexibility index (Phi) is 3.55. The van der Waals surface area contributed by atoms with E-state index < -0.39 is 0 Å². The van der Waals surface area contributed by atoms with Crippen LogP contribution in [0, 0.1) is 6.92 Å². The van der Waals surface area contributed by atoms with Gasteiger partial charge in [-0.3, -0.25) is 9.48 Å². The van der Waals surface area contributed by atoms with Crippen LogP contribution in [0.4, 0.5) is 5.69 Å². The molecule has 2 aromatic rings. The van der Waals surface area contributed by atoms with Gasteiger partial charge in [-0.1, -0.05) is 11.6 Å². The summed E-state index contributed by atoms with van der Waals surface area (Å²) in [6.07, 6.45) is 3.35. The number of amides is 1. The minimum Gasteiger partial charge on any atom is -0.507 e. The highest BCUT2D eigenvalue weighted by molar-refractivity contribution is 6.06. The first kappa shape index (κ1) is 13.1. The summed E-state index contributed by atoms with van der Waals surface area (Å²) in [6.45, 7) is 5.88. The maximum absolute atomic E-state index is 12.1. The van der Waals surface area contributed by atoms with Gasteiger partial charge >= 0.3 is 0 Å². The number of hydrogen-bond acceptors (Lipinski definition) is 3. The third-order valence-corrected chi connectivity index (χ3v) is 2.79. The number of aromatic nitrogens is 2. The largest absolute Gasteiger partial charge is 0.507 e. The molecule has 0 aliphatic carbocycles. The molecule has 0 aliphatic rings. The smallest absolute Gasteiger partial charge is 0.259 e. The number of phenols is 1. The quantitative estimate of drug-likeness (QED) is 0.890. The van der Waals surface area contributed by atoms with Crippen molar-refractivity contribution in [2.45, 2.75) is 26.8 Å². The van der Waals surface area contributed by atoms with Gasteiger partial charge in [0.25, 0.3) is 5.91 Å². The van der Waals surface area contributed by atoms with E-state index in [9.17, 15) is 9.90 Å². The highest BCUT2D eigenvalue weighted by Crippen LogP contribution is 2.20. The third kappa shape index (κ3) is 2.93. The van der Waals surface area contributed by atoms with Gasteiger partial charge in [-0.15, -0.1) is 0 Å². The summed E-state index contributed by atoms with van der Waals surface area (Å²) in [4.78, 5) is 12.1. The van der Waals surface area contributed by atoms with E-state index in [-0.39, 0.29) is 23.3 Å². The van der Waals surface area contributed by atoms with Gasteiger partial charge in [0.1, 0.15) is 5.75 Å². The molecule has 19 heavy (non-hydrogen) atoms. The lowest BCUT2D eigenvalue weighted by atomic mass is 10.1. The lowest BCUT2D eigenvalue weighted by Crippen LogP contribution is -2.12. The molecule has 0 fully saturated rings. The van der Waals surface area contributed by atoms with Gasteiger partial charge in [0.15, 0.2) is 0 Å². The summed E-state index contributed by atoms with van der Waals surface area (Å²) in [6, 6.07) is 5.15. The predicted octanol–water partition coefficient (Wildman–Crippen LogP) is 2.73. The van der Waals surface area contributed by atoms with Gasteiger partial charge in [0, 0.05) is 12.2 Å². The van der Waals surface area contributed by atoms with Crippen molar-refractivity contribution in [2.24, 2.45) is 0 Å². The fourth-order valence-electron chi connectivity index (χ4n) is 1.72. The Morgan fingerprint density at radius 3 is 2.79 bits per heavy atom. The summed E-state index contributed by atoms with van der Waals surface area (Å²) in [7, 11) is 0. The van der Waals surface area contributed by atoms with Gasteiger partial charge in [-0.05, 0) is 32.9 Å². The van der Waals surface area contributed by atoms with E-state index in [1.165, 1.54) is 6.07 Å². The standard InChI is InChI=1S/C14H17N3O2/c1-9(2)17-8-11(7-15-17)16-14(19)12-6-10(3)4-5-13(12)18/h4-9,18H,1-3H3,(H,16,19). The van der Waals surface area contributed by atoms with Crippen molar-refractivity contribution in [1.29, 1.82) is 0 Å². The van der Waals surface area contributed by atoms with Crippen LogP contribution in [-0.2, 0) is 0 Å². The van der Waals surface area contributed by atoms with Crippen LogP contribution >= 0.6 is 0 Å². The number of carbonyl (C=O) groups excluding carboxylic acids is 1. The zero-order valence-corrected chi connectivity index (χ0v) is 11.2. The molecule has 1 amide bonds. The molecule has 2 N–H and O–H groups in total. The van der Waals surface area contributed by atoms with Crippen LogP contribution in [0.2, 0.25) is 0 Å². The zero-order valence-electron chi connectivity index (χ0n) is 11.2. The lowest BCUT2D eigenvalue weighted by molar-refractivity contribution is 0.102. The molecule has 2 rings (SSSR count). The number of nitrogens with zero attached hydrogens (tertiary/aromatic N) is 2. The molecule has 0 saturated heterocycles. The fraction of sp³-hybridized carbons (Fsp3) is 0.286. The van der Waals surface area contributed by atoms with Gasteiger partial charge < -0.3 is 10.4 Å². The molecule has 1 aromatic carbocycles. The van der Waals surface area contributed by atoms with E-state index in [2.05, 4.69) is 10.4 Å². The number of benzene rings is 1. The molecule has 0 spiro atoms. The second-order valence-corrected chi connectivity index (χ2v) is 4.78. The number of anilines is 1. The maximum Gasteiger partial charge on any atom is 0.259 e. The second kappa shape index (κ2) is 5.14. The minimum absolute atomic E-state index is 0.0284. The van der Waals surface area contributed by atoms with E-state index in [0.717, 1.165) is 5.56 Å². The number of nitrogens with one attached hydrogen (secondary N) is 1. The number of phenolic OH excluding ortho intramolecular Hbond substituents is 1. The molecule has 5 heteroatoms. The van der Waals surface area contributed by atoms with Crippen molar-refractivity contribution in [3.05, 3.63) is 41.7 Å². The van der Waals surface area contributed by atoms with Gasteiger partial charge in [0.05, 0.1) is 17.4 Å². The molecule has 0 radical (unpaired) electrons. The first-order valence-corrected chi connectivity index (χ1v) is 6.12. The number of rotatable bonds is 3. The molecule has 0 saturated carbocycles. The van der Waals surface area contributed by atoms with Crippen molar-refractivity contribution in [3.63, 3.8) is 0 Å².